The van der Waals surface area contributed by atoms with Crippen molar-refractivity contribution < 1.29 is 131 Å². The van der Waals surface area contributed by atoms with Gasteiger partial charge in [0.1, 0.15) is 0 Å². The van der Waals surface area contributed by atoms with Gasteiger partial charge in [-0.3, -0.25) is 12.7 Å². The van der Waals surface area contributed by atoms with Crippen LogP contribution in [0.1, 0.15) is 0 Å². The molecule has 5 nitrogen and oxygen atoms in total. The first kappa shape index (κ1) is 49.5. The predicted molar refractivity (Wildman–Crippen MR) is 70.0 cm³/mol. The largest absolute Gasteiger partial charge is 0.911 e. The van der Waals surface area contributed by atoms with E-state index in [1.54, 1.807) is 0 Å². The Morgan fingerprint density at radius 2 is 0.800 bits per heavy atom. The van der Waals surface area contributed by atoms with Crippen LogP contribution in [0.4, 0.5) is 0 Å². The molecule has 4 radical (unpaired) electrons. The molecule has 0 unspecified atom stereocenters. The monoisotopic (exact) mass is 569 g/mol. The van der Waals surface area contributed by atoms with E-state index in [1.165, 1.54) is 0 Å². The normalized spacial score (nSPS) is 4.00. The van der Waals surface area contributed by atoms with E-state index in [2.05, 4.69) is 66.8 Å². The number of hydrogen-bond acceptors (Lipinski definition) is 4. The van der Waals surface area contributed by atoms with Crippen molar-refractivity contribution >= 4 is 33.1 Å². The maximum atomic E-state index is 7.57. The molecule has 9 heteroatoms. The predicted octanol–water partition coefficient (Wildman–Crippen LogP) is 1.68. The molecule has 0 aromatic rings. The summed E-state index contributed by atoms with van der Waals surface area (Å²) in [7, 11) is 0. The molecule has 100 valence electrons. The Kier molecular flexibility index (Phi) is 208. The third-order valence-corrected chi connectivity index (χ3v) is 0.325. The Morgan fingerprint density at radius 3 is 0.800 bits per heavy atom. The van der Waals surface area contributed by atoms with E-state index in [0.717, 1.165) is 24.7 Å². The Balaban J connectivity index is -0.0000000150. The molecule has 20 heavy (non-hydrogen) atoms. The fourth-order valence-corrected chi connectivity index (χ4v) is 0. The Labute approximate surface area is 223 Å². The van der Waals surface area contributed by atoms with Gasteiger partial charge in [0.15, 0.2) is 0 Å². The third-order valence-electron chi connectivity index (χ3n) is 0.325. The molecule has 0 atom stereocenters. The van der Waals surface area contributed by atoms with Crippen LogP contribution in [-0.4, -0.2) is 33.1 Å². The van der Waals surface area contributed by atoms with Gasteiger partial charge in [0, 0.05) is 131 Å². The molecule has 0 aromatic heterocycles. The number of hydrogen-bond donors (Lipinski definition) is 0. The van der Waals surface area contributed by atoms with Crippen molar-refractivity contribution in [2.75, 3.05) is 0 Å². The molecule has 0 N–H and O–H groups in total. The van der Waals surface area contributed by atoms with E-state index in [0.29, 0.717) is 0 Å². The van der Waals surface area contributed by atoms with Gasteiger partial charge in [-0.05, 0) is 0 Å². The summed E-state index contributed by atoms with van der Waals surface area (Å²) in [5.41, 5.74) is 0. The Bertz CT molecular complexity index is 161. The standard InChI is InChI=1S/3C3H3N.C2H2N2.4Y/c2*1-3-4-2;1-2-3-4;1-3-4-2;;;;/h3*1-3H;1-2H;;;;/q4*-2;;;;. The summed E-state index contributed by atoms with van der Waals surface area (Å²) in [5.74, 6) is 0. The maximum absolute atomic E-state index is 7.57. The first-order valence-electron chi connectivity index (χ1n) is 3.34. The van der Waals surface area contributed by atoms with Gasteiger partial charge < -0.3 is 70.8 Å². The summed E-state index contributed by atoms with van der Waals surface area (Å²) in [5, 5.41) is 12.8. The number of aliphatic imine (C=N–C) groups is 2. The zero-order valence-corrected chi connectivity index (χ0v) is 22.2. The van der Waals surface area contributed by atoms with Crippen LogP contribution in [-0.2, 0) is 131 Å². The molecule has 0 saturated carbocycles. The van der Waals surface area contributed by atoms with E-state index in [1.807, 2.05) is 0 Å². The van der Waals surface area contributed by atoms with E-state index in [9.17, 15) is 0 Å². The number of rotatable bonds is 4. The van der Waals surface area contributed by atoms with Crippen molar-refractivity contribution in [3.05, 3.63) is 43.6 Å². The van der Waals surface area contributed by atoms with Crippen LogP contribution in [0.2, 0.25) is 0 Å². The van der Waals surface area contributed by atoms with E-state index in [-0.39, 0.29) is 131 Å². The van der Waals surface area contributed by atoms with Crippen molar-refractivity contribution in [3.63, 3.8) is 0 Å². The van der Waals surface area contributed by atoms with Crippen LogP contribution in [0.15, 0.2) is 38.7 Å². The van der Waals surface area contributed by atoms with Crippen LogP contribution in [0.5, 0.6) is 0 Å². The van der Waals surface area contributed by atoms with Gasteiger partial charge in [0.2, 0.25) is 0 Å². The Morgan fingerprint density at radius 1 is 0.650 bits per heavy atom. The fraction of sp³-hybridized carbons (Fsp3) is 0. The van der Waals surface area contributed by atoms with Crippen molar-refractivity contribution in [3.8, 4) is 0 Å². The molecule has 0 aliphatic carbocycles. The van der Waals surface area contributed by atoms with Crippen LogP contribution in [0.3, 0.4) is 0 Å². The summed E-state index contributed by atoms with van der Waals surface area (Å²) in [4.78, 5) is 5.78. The van der Waals surface area contributed by atoms with Gasteiger partial charge >= 0.3 is 0 Å². The SMILES string of the molecule is [CH-]=CC=[N-].[CH-]=CN=[CH-].[CH-]=CN=[CH-].[CH-]=NN=[CH-].[Y].[Y].[Y].[Y]. The second-order valence-corrected chi connectivity index (χ2v) is 1.17. The van der Waals surface area contributed by atoms with E-state index >= 15 is 0 Å². The molecule has 0 aromatic carbocycles. The van der Waals surface area contributed by atoms with Crippen molar-refractivity contribution in [2.45, 2.75) is 0 Å². The smallest absolute Gasteiger partial charge is 0 e. The minimum absolute atomic E-state index is 0. The molecular formula is C11H11N5Y4-8. The van der Waals surface area contributed by atoms with Gasteiger partial charge in [-0.2, -0.15) is 13.4 Å². The zero-order chi connectivity index (χ0) is 13.7. The van der Waals surface area contributed by atoms with Crippen molar-refractivity contribution in [1.29, 1.82) is 0 Å². The Hall–Kier alpha value is 1.99. The molecule has 0 heterocycles. The molecule has 0 saturated heterocycles. The summed E-state index contributed by atoms with van der Waals surface area (Å²) >= 11 is 0. The topological polar surface area (TPSA) is 71.7 Å². The summed E-state index contributed by atoms with van der Waals surface area (Å²) in [6, 6.07) is 0. The average molecular weight is 569 g/mol. The average Bonchev–Trinajstić information content (AvgIpc) is 2.39. The van der Waals surface area contributed by atoms with Crippen molar-refractivity contribution in [2.24, 2.45) is 20.2 Å². The minimum Gasteiger partial charge on any atom is -0.911 e. The molecular weight excluding hydrogens is 558 g/mol. The van der Waals surface area contributed by atoms with Gasteiger partial charge in [-0.1, -0.05) is 0 Å². The van der Waals surface area contributed by atoms with Gasteiger partial charge in [0.05, 0.1) is 0 Å². The fourth-order valence-electron chi connectivity index (χ4n) is 0. The van der Waals surface area contributed by atoms with Gasteiger partial charge in [0.25, 0.3) is 0 Å². The van der Waals surface area contributed by atoms with Gasteiger partial charge in [-0.25, -0.2) is 0 Å². The molecule has 0 bridgehead atoms. The van der Waals surface area contributed by atoms with E-state index in [4.69, 9.17) is 5.41 Å². The maximum Gasteiger partial charge on any atom is 0 e. The van der Waals surface area contributed by atoms with Crippen LogP contribution in [0, 0.1) is 19.7 Å². The molecule has 0 spiro atoms. The zero-order valence-electron chi connectivity index (χ0n) is 10.9. The van der Waals surface area contributed by atoms with E-state index < -0.39 is 0 Å². The van der Waals surface area contributed by atoms with Crippen LogP contribution < -0.4 is 0 Å². The number of allylic oxidation sites excluding steroid dienone is 1. The first-order chi connectivity index (χ1) is 7.66. The summed E-state index contributed by atoms with van der Waals surface area (Å²) in [6.07, 6.45) is 3.89. The van der Waals surface area contributed by atoms with Crippen LogP contribution in [0.25, 0.3) is 5.41 Å². The molecule has 0 aliphatic rings. The summed E-state index contributed by atoms with van der Waals surface area (Å²) in [6.45, 7) is 31.5. The van der Waals surface area contributed by atoms with Crippen molar-refractivity contribution in [1.82, 2.24) is 0 Å². The quantitative estimate of drug-likeness (QED) is 0.281. The second kappa shape index (κ2) is 84.1. The first-order valence-corrected chi connectivity index (χ1v) is 3.34. The second-order valence-electron chi connectivity index (χ2n) is 1.17. The minimum atomic E-state index is 0. The van der Waals surface area contributed by atoms with Crippen LogP contribution >= 0.6 is 0 Å². The molecule has 0 fully saturated rings. The van der Waals surface area contributed by atoms with Gasteiger partial charge in [-0.15, -0.1) is 0 Å². The summed E-state index contributed by atoms with van der Waals surface area (Å²) < 4.78 is 0. The third kappa shape index (κ3) is 201. The number of nitrogens with zero attached hydrogens (tertiary/aromatic N) is 5. The molecule has 0 aliphatic heterocycles. The molecule has 0 amide bonds. The molecule has 0 rings (SSSR count).